The maximum absolute atomic E-state index is 13.6. The van der Waals surface area contributed by atoms with Crippen molar-refractivity contribution in [3.05, 3.63) is 35.9 Å². The van der Waals surface area contributed by atoms with E-state index in [1.807, 2.05) is 18.2 Å². The second-order valence-electron chi connectivity index (χ2n) is 13.1. The van der Waals surface area contributed by atoms with E-state index in [4.69, 9.17) is 4.98 Å². The van der Waals surface area contributed by atoms with Gasteiger partial charge in [-0.1, -0.05) is 6.07 Å². The number of fused-ring (bicyclic) bond motifs is 6. The van der Waals surface area contributed by atoms with E-state index in [2.05, 4.69) is 33.8 Å². The molecule has 6 rings (SSSR count). The first-order valence-corrected chi connectivity index (χ1v) is 16.4. The molecule has 3 fully saturated rings. The number of hydrogen-bond donors (Lipinski definition) is 2. The second-order valence-corrected chi connectivity index (χ2v) is 14.0. The lowest BCUT2D eigenvalue weighted by Crippen LogP contribution is -2.41. The van der Waals surface area contributed by atoms with Gasteiger partial charge >= 0.3 is 12.2 Å². The average molecular weight is 632 g/mol. The molecule has 4 aliphatic rings. The SMILES string of the molecule is CC1(C)C[C@@H]2CCCNc3cccc(n3)SNC(=O)c3ccc(N4CCN(CC5CCC(C(F)(F)F)CC5)C4=O)nc3N1C2. The Balaban J connectivity index is 1.22. The predicted molar refractivity (Wildman–Crippen MR) is 165 cm³/mol. The van der Waals surface area contributed by atoms with Crippen LogP contribution in [0.3, 0.4) is 0 Å². The summed E-state index contributed by atoms with van der Waals surface area (Å²) in [6, 6.07) is 8.95. The molecule has 5 heterocycles. The van der Waals surface area contributed by atoms with Gasteiger partial charge in [0.15, 0.2) is 0 Å². The number of alkyl halides is 3. The first kappa shape index (κ1) is 30.8. The third-order valence-corrected chi connectivity index (χ3v) is 10.3. The van der Waals surface area contributed by atoms with Crippen LogP contribution in [0.25, 0.3) is 0 Å². The van der Waals surface area contributed by atoms with Crippen molar-refractivity contribution < 1.29 is 22.8 Å². The van der Waals surface area contributed by atoms with Crippen LogP contribution in [0.4, 0.5) is 35.4 Å². The number of carbonyl (C=O) groups excluding carboxylic acids is 2. The van der Waals surface area contributed by atoms with Crippen LogP contribution in [0.5, 0.6) is 0 Å². The third kappa shape index (κ3) is 6.57. The Morgan fingerprint density at radius 2 is 1.82 bits per heavy atom. The molecule has 3 aliphatic heterocycles. The number of aromatic nitrogens is 2. The summed E-state index contributed by atoms with van der Waals surface area (Å²) in [7, 11) is 0. The van der Waals surface area contributed by atoms with Crippen molar-refractivity contribution in [2.45, 2.75) is 75.5 Å². The smallest absolute Gasteiger partial charge is 0.370 e. The number of amides is 3. The number of pyridine rings is 2. The van der Waals surface area contributed by atoms with E-state index >= 15 is 0 Å². The highest BCUT2D eigenvalue weighted by Crippen LogP contribution is 2.42. The summed E-state index contributed by atoms with van der Waals surface area (Å²) in [5.41, 5.74) is 0.189. The second kappa shape index (κ2) is 12.3. The fourth-order valence-electron chi connectivity index (χ4n) is 7.20. The molecule has 238 valence electrons. The molecule has 13 heteroatoms. The Morgan fingerprint density at radius 1 is 1.02 bits per heavy atom. The van der Waals surface area contributed by atoms with E-state index in [-0.39, 0.29) is 36.2 Å². The molecule has 2 N–H and O–H groups in total. The summed E-state index contributed by atoms with van der Waals surface area (Å²) < 4.78 is 42.3. The zero-order valence-corrected chi connectivity index (χ0v) is 26.0. The molecule has 9 nitrogen and oxygen atoms in total. The number of rotatable bonds is 3. The lowest BCUT2D eigenvalue weighted by atomic mass is 9.81. The van der Waals surface area contributed by atoms with E-state index in [0.717, 1.165) is 50.1 Å². The first-order valence-electron chi connectivity index (χ1n) is 15.6. The lowest BCUT2D eigenvalue weighted by molar-refractivity contribution is -0.184. The number of halogens is 3. The van der Waals surface area contributed by atoms with Crippen LogP contribution in [0.1, 0.15) is 69.2 Å². The van der Waals surface area contributed by atoms with E-state index in [1.54, 1.807) is 21.9 Å². The van der Waals surface area contributed by atoms with Crippen LogP contribution in [0.2, 0.25) is 0 Å². The molecule has 2 saturated heterocycles. The maximum Gasteiger partial charge on any atom is 0.391 e. The van der Waals surface area contributed by atoms with Gasteiger partial charge in [-0.05, 0) is 94.9 Å². The number of urea groups is 1. The molecule has 0 spiro atoms. The highest BCUT2D eigenvalue weighted by Gasteiger charge is 2.43. The Morgan fingerprint density at radius 3 is 2.59 bits per heavy atom. The van der Waals surface area contributed by atoms with Gasteiger partial charge in [0.05, 0.1) is 11.5 Å². The summed E-state index contributed by atoms with van der Waals surface area (Å²) in [5, 5.41) is 4.06. The Hall–Kier alpha value is -3.22. The molecular weight excluding hydrogens is 591 g/mol. The number of anilines is 3. The minimum Gasteiger partial charge on any atom is -0.370 e. The van der Waals surface area contributed by atoms with Crippen molar-refractivity contribution in [1.82, 2.24) is 19.6 Å². The van der Waals surface area contributed by atoms with Crippen molar-refractivity contribution in [1.29, 1.82) is 0 Å². The van der Waals surface area contributed by atoms with E-state index in [9.17, 15) is 22.8 Å². The first-order chi connectivity index (χ1) is 21.0. The minimum atomic E-state index is -4.14. The molecule has 4 bridgehead atoms. The zero-order chi connectivity index (χ0) is 31.1. The van der Waals surface area contributed by atoms with Gasteiger partial charge in [-0.2, -0.15) is 13.2 Å². The van der Waals surface area contributed by atoms with Crippen LogP contribution >= 0.6 is 11.9 Å². The number of nitrogens with one attached hydrogen (secondary N) is 2. The van der Waals surface area contributed by atoms with Gasteiger partial charge in [-0.25, -0.2) is 14.8 Å². The van der Waals surface area contributed by atoms with Gasteiger partial charge in [0.2, 0.25) is 0 Å². The highest BCUT2D eigenvalue weighted by atomic mass is 32.2. The molecule has 2 aromatic rings. The highest BCUT2D eigenvalue weighted by molar-refractivity contribution is 7.97. The van der Waals surface area contributed by atoms with E-state index in [0.29, 0.717) is 60.6 Å². The molecule has 1 saturated carbocycles. The molecule has 0 aromatic carbocycles. The lowest BCUT2D eigenvalue weighted by Gasteiger charge is -2.34. The molecule has 2 aromatic heterocycles. The fourth-order valence-corrected chi connectivity index (χ4v) is 7.80. The van der Waals surface area contributed by atoms with Crippen molar-refractivity contribution in [3.8, 4) is 0 Å². The normalized spacial score (nSPS) is 26.0. The molecule has 3 amide bonds. The monoisotopic (exact) mass is 631 g/mol. The van der Waals surface area contributed by atoms with Crippen molar-refractivity contribution in [2.24, 2.45) is 17.8 Å². The van der Waals surface area contributed by atoms with Gasteiger partial charge in [-0.3, -0.25) is 14.4 Å². The van der Waals surface area contributed by atoms with Gasteiger partial charge in [-0.15, -0.1) is 0 Å². The Kier molecular flexibility index (Phi) is 8.60. The standard InChI is InChI=1S/C31H40F3N7O2S/c1-30(2)17-21-5-4-14-35-24-6-3-7-26(36-24)44-38-28(42)23-12-13-25(37-27(23)41(30)19-21)40-16-15-39(29(40)43)18-20-8-10-22(11-9-20)31(32,33)34/h3,6-7,12-13,20-22H,4-5,8-11,14-19H2,1-2H3,(H,35,36)(H,38,42)/t20?,21-,22?/m0/s1. The molecular formula is C31H40F3N7O2S. The van der Waals surface area contributed by atoms with E-state index in [1.165, 1.54) is 0 Å². The van der Waals surface area contributed by atoms with Crippen LogP contribution in [-0.2, 0) is 0 Å². The van der Waals surface area contributed by atoms with Crippen LogP contribution in [0, 0.1) is 17.8 Å². The molecule has 0 radical (unpaired) electrons. The fraction of sp³-hybridized carbons (Fsp3) is 0.613. The van der Waals surface area contributed by atoms with Crippen molar-refractivity contribution in [3.63, 3.8) is 0 Å². The Labute approximate surface area is 260 Å². The maximum atomic E-state index is 13.6. The number of hydrogen-bond acceptors (Lipinski definition) is 7. The van der Waals surface area contributed by atoms with Crippen molar-refractivity contribution in [2.75, 3.05) is 47.8 Å². The van der Waals surface area contributed by atoms with Gasteiger partial charge in [0.25, 0.3) is 5.91 Å². The van der Waals surface area contributed by atoms with E-state index < -0.39 is 12.1 Å². The van der Waals surface area contributed by atoms with Crippen molar-refractivity contribution >= 4 is 41.3 Å². The number of carbonyl (C=O) groups is 2. The van der Waals surface area contributed by atoms with Gasteiger partial charge < -0.3 is 15.1 Å². The van der Waals surface area contributed by atoms with Crippen LogP contribution in [-0.4, -0.2) is 71.2 Å². The average Bonchev–Trinajstić information content (AvgIpc) is 3.50. The largest absolute Gasteiger partial charge is 0.391 e. The number of nitrogens with zero attached hydrogens (tertiary/aromatic N) is 5. The molecule has 1 aliphatic carbocycles. The Bertz CT molecular complexity index is 1380. The summed E-state index contributed by atoms with van der Waals surface area (Å²) in [6.45, 7) is 7.28. The predicted octanol–water partition coefficient (Wildman–Crippen LogP) is 6.34. The summed E-state index contributed by atoms with van der Waals surface area (Å²) in [5.74, 6) is 0.769. The quantitative estimate of drug-likeness (QED) is 0.382. The van der Waals surface area contributed by atoms with Gasteiger partial charge in [0.1, 0.15) is 22.5 Å². The minimum absolute atomic E-state index is 0.0633. The third-order valence-electron chi connectivity index (χ3n) is 9.55. The molecule has 44 heavy (non-hydrogen) atoms. The summed E-state index contributed by atoms with van der Waals surface area (Å²) in [6.07, 6.45) is 0.00488. The topological polar surface area (TPSA) is 93.7 Å². The van der Waals surface area contributed by atoms with Gasteiger partial charge in [0, 0.05) is 50.2 Å². The summed E-state index contributed by atoms with van der Waals surface area (Å²) >= 11 is 1.15. The van der Waals surface area contributed by atoms with Crippen LogP contribution in [0.15, 0.2) is 35.4 Å². The zero-order valence-electron chi connectivity index (χ0n) is 25.2. The molecule has 1 atom stereocenters. The molecule has 0 unspecified atom stereocenters. The summed E-state index contributed by atoms with van der Waals surface area (Å²) in [4.78, 5) is 42.3. The van der Waals surface area contributed by atoms with Crippen LogP contribution < -0.4 is 19.8 Å².